The minimum atomic E-state index is -0.891. The van der Waals surface area contributed by atoms with E-state index in [1.54, 1.807) is 36.1 Å². The van der Waals surface area contributed by atoms with E-state index in [0.717, 1.165) is 23.3 Å². The highest BCUT2D eigenvalue weighted by atomic mass is 19.1. The summed E-state index contributed by atoms with van der Waals surface area (Å²) in [6.07, 6.45) is 8.18. The Labute approximate surface area is 213 Å². The molecule has 0 saturated heterocycles. The maximum absolute atomic E-state index is 13.9. The van der Waals surface area contributed by atoms with Gasteiger partial charge in [-0.2, -0.15) is 5.10 Å². The molecule has 4 aromatic rings. The molecule has 37 heavy (non-hydrogen) atoms. The zero-order valence-electron chi connectivity index (χ0n) is 20.1. The minimum absolute atomic E-state index is 0.221. The number of hydrogen-bond donors (Lipinski definition) is 1. The standard InChI is InChI=1S/C28H25F2N5O2/c1-2-34(19-25(36)32-28-23(29)11-6-12-24(28)30)26(37)14-13-22-18-35(17-20-8-4-3-5-9-20)33-27(22)21-10-7-15-31-16-21/h3-16,18H,2,17,19H2,1H3,(H,32,36)/b14-13+. The fourth-order valence-electron chi connectivity index (χ4n) is 3.72. The Morgan fingerprint density at radius 2 is 1.78 bits per heavy atom. The van der Waals surface area contributed by atoms with Gasteiger partial charge in [0.25, 0.3) is 0 Å². The number of amides is 2. The Bertz CT molecular complexity index is 1380. The van der Waals surface area contributed by atoms with E-state index in [2.05, 4.69) is 10.3 Å². The van der Waals surface area contributed by atoms with E-state index in [4.69, 9.17) is 5.10 Å². The van der Waals surface area contributed by atoms with Gasteiger partial charge in [-0.15, -0.1) is 0 Å². The number of carbonyl (C=O) groups is 2. The van der Waals surface area contributed by atoms with Crippen molar-refractivity contribution in [1.29, 1.82) is 0 Å². The van der Waals surface area contributed by atoms with Crippen molar-refractivity contribution in [3.63, 3.8) is 0 Å². The van der Waals surface area contributed by atoms with Crippen molar-refractivity contribution in [2.75, 3.05) is 18.4 Å². The number of rotatable bonds is 9. The van der Waals surface area contributed by atoms with Gasteiger partial charge in [-0.05, 0) is 42.8 Å². The first kappa shape index (κ1) is 25.4. The highest BCUT2D eigenvalue weighted by Gasteiger charge is 2.17. The molecule has 7 nitrogen and oxygen atoms in total. The van der Waals surface area contributed by atoms with Crippen molar-refractivity contribution in [3.8, 4) is 11.3 Å². The topological polar surface area (TPSA) is 80.1 Å². The number of hydrogen-bond acceptors (Lipinski definition) is 4. The Kier molecular flexibility index (Phi) is 8.15. The summed E-state index contributed by atoms with van der Waals surface area (Å²) in [7, 11) is 0. The van der Waals surface area contributed by atoms with Crippen molar-refractivity contribution in [1.82, 2.24) is 19.7 Å². The number of halogens is 2. The van der Waals surface area contributed by atoms with Gasteiger partial charge in [-0.1, -0.05) is 36.4 Å². The molecule has 0 unspecified atom stereocenters. The Morgan fingerprint density at radius 3 is 2.46 bits per heavy atom. The molecule has 0 atom stereocenters. The number of likely N-dealkylation sites (N-methyl/N-ethyl adjacent to an activating group) is 1. The van der Waals surface area contributed by atoms with Crippen molar-refractivity contribution in [3.05, 3.63) is 108 Å². The third-order valence-electron chi connectivity index (χ3n) is 5.57. The SMILES string of the molecule is CCN(CC(=O)Nc1c(F)cccc1F)C(=O)/C=C/c1cn(Cc2ccccc2)nc1-c1cccnc1. The zero-order valence-corrected chi connectivity index (χ0v) is 20.1. The lowest BCUT2D eigenvalue weighted by atomic mass is 10.1. The first-order valence-corrected chi connectivity index (χ1v) is 11.7. The molecule has 4 rings (SSSR count). The Morgan fingerprint density at radius 1 is 1.03 bits per heavy atom. The summed E-state index contributed by atoms with van der Waals surface area (Å²) in [5.74, 6) is -2.92. The second-order valence-electron chi connectivity index (χ2n) is 8.19. The van der Waals surface area contributed by atoms with Crippen LogP contribution in [0.2, 0.25) is 0 Å². The van der Waals surface area contributed by atoms with E-state index in [-0.39, 0.29) is 13.1 Å². The molecule has 0 aliphatic heterocycles. The van der Waals surface area contributed by atoms with E-state index in [0.29, 0.717) is 17.8 Å². The number of anilines is 1. The normalized spacial score (nSPS) is 11.0. The van der Waals surface area contributed by atoms with Gasteiger partial charge in [-0.25, -0.2) is 8.78 Å². The largest absolute Gasteiger partial charge is 0.330 e. The van der Waals surface area contributed by atoms with Crippen molar-refractivity contribution in [2.24, 2.45) is 0 Å². The summed E-state index contributed by atoms with van der Waals surface area (Å²) in [6, 6.07) is 16.8. The summed E-state index contributed by atoms with van der Waals surface area (Å²) < 4.78 is 29.5. The van der Waals surface area contributed by atoms with E-state index in [1.807, 2.05) is 42.6 Å². The van der Waals surface area contributed by atoms with E-state index < -0.39 is 29.1 Å². The van der Waals surface area contributed by atoms with Crippen LogP contribution in [0.15, 0.2) is 85.3 Å². The number of aromatic nitrogens is 3. The second kappa shape index (κ2) is 11.9. The average Bonchev–Trinajstić information content (AvgIpc) is 3.31. The highest BCUT2D eigenvalue weighted by Crippen LogP contribution is 2.23. The van der Waals surface area contributed by atoms with Gasteiger partial charge in [-0.3, -0.25) is 19.3 Å². The number of para-hydroxylation sites is 1. The fraction of sp³-hybridized carbons (Fsp3) is 0.143. The first-order valence-electron chi connectivity index (χ1n) is 11.7. The third kappa shape index (κ3) is 6.52. The first-order chi connectivity index (χ1) is 17.9. The molecule has 0 radical (unpaired) electrons. The van der Waals surface area contributed by atoms with Gasteiger partial charge < -0.3 is 10.2 Å². The highest BCUT2D eigenvalue weighted by molar-refractivity contribution is 5.98. The van der Waals surface area contributed by atoms with Crippen LogP contribution in [0.1, 0.15) is 18.1 Å². The van der Waals surface area contributed by atoms with E-state index in [1.165, 1.54) is 17.0 Å². The summed E-state index contributed by atoms with van der Waals surface area (Å²) in [6.45, 7) is 2.11. The summed E-state index contributed by atoms with van der Waals surface area (Å²) >= 11 is 0. The van der Waals surface area contributed by atoms with Gasteiger partial charge in [0.15, 0.2) is 0 Å². The average molecular weight is 502 g/mol. The zero-order chi connectivity index (χ0) is 26.2. The van der Waals surface area contributed by atoms with Crippen LogP contribution in [-0.2, 0) is 16.1 Å². The number of pyridine rings is 1. The molecular formula is C28H25F2N5O2. The van der Waals surface area contributed by atoms with Crippen LogP contribution < -0.4 is 5.32 Å². The maximum Gasteiger partial charge on any atom is 0.247 e. The molecule has 0 aliphatic rings. The predicted octanol–water partition coefficient (Wildman–Crippen LogP) is 4.77. The van der Waals surface area contributed by atoms with Crippen molar-refractivity contribution < 1.29 is 18.4 Å². The van der Waals surface area contributed by atoms with Crippen LogP contribution >= 0.6 is 0 Å². The maximum atomic E-state index is 13.9. The van der Waals surface area contributed by atoms with Gasteiger partial charge in [0, 0.05) is 42.3 Å². The minimum Gasteiger partial charge on any atom is -0.330 e. The molecule has 9 heteroatoms. The summed E-state index contributed by atoms with van der Waals surface area (Å²) in [5, 5.41) is 6.90. The van der Waals surface area contributed by atoms with Crippen LogP contribution in [0, 0.1) is 11.6 Å². The van der Waals surface area contributed by atoms with Crippen LogP contribution in [0.5, 0.6) is 0 Å². The van der Waals surface area contributed by atoms with Gasteiger partial charge in [0.05, 0.1) is 6.54 Å². The fourth-order valence-corrected chi connectivity index (χ4v) is 3.72. The third-order valence-corrected chi connectivity index (χ3v) is 5.57. The molecule has 2 aromatic carbocycles. The van der Waals surface area contributed by atoms with Gasteiger partial charge >= 0.3 is 0 Å². The molecule has 2 amide bonds. The van der Waals surface area contributed by atoms with Crippen LogP contribution in [0.25, 0.3) is 17.3 Å². The number of nitrogens with one attached hydrogen (secondary N) is 1. The van der Waals surface area contributed by atoms with Crippen LogP contribution in [0.3, 0.4) is 0 Å². The van der Waals surface area contributed by atoms with Crippen molar-refractivity contribution >= 4 is 23.6 Å². The lowest BCUT2D eigenvalue weighted by Crippen LogP contribution is -2.37. The quantitative estimate of drug-likeness (QED) is 0.335. The molecule has 1 N–H and O–H groups in total. The monoisotopic (exact) mass is 501 g/mol. The molecular weight excluding hydrogens is 476 g/mol. The number of carbonyl (C=O) groups excluding carboxylic acids is 2. The molecule has 0 fully saturated rings. The molecule has 0 bridgehead atoms. The van der Waals surface area contributed by atoms with E-state index in [9.17, 15) is 18.4 Å². The molecule has 0 spiro atoms. The molecule has 188 valence electrons. The molecule has 0 aliphatic carbocycles. The molecule has 2 aromatic heterocycles. The predicted molar refractivity (Wildman–Crippen MR) is 137 cm³/mol. The van der Waals surface area contributed by atoms with Gasteiger partial charge in [0.2, 0.25) is 11.8 Å². The summed E-state index contributed by atoms with van der Waals surface area (Å²) in [5.41, 5.74) is 2.68. The lowest BCUT2D eigenvalue weighted by Gasteiger charge is -2.18. The number of nitrogens with zero attached hydrogens (tertiary/aromatic N) is 4. The van der Waals surface area contributed by atoms with Crippen LogP contribution in [0.4, 0.5) is 14.5 Å². The Balaban J connectivity index is 1.51. The second-order valence-corrected chi connectivity index (χ2v) is 8.19. The van der Waals surface area contributed by atoms with E-state index >= 15 is 0 Å². The number of benzene rings is 2. The van der Waals surface area contributed by atoms with Crippen molar-refractivity contribution in [2.45, 2.75) is 13.5 Å². The van der Waals surface area contributed by atoms with Crippen LogP contribution in [-0.4, -0.2) is 44.6 Å². The lowest BCUT2D eigenvalue weighted by molar-refractivity contribution is -0.130. The smallest absolute Gasteiger partial charge is 0.247 e. The molecule has 0 saturated carbocycles. The van der Waals surface area contributed by atoms with Gasteiger partial charge in [0.1, 0.15) is 29.6 Å². The summed E-state index contributed by atoms with van der Waals surface area (Å²) in [4.78, 5) is 30.7. The Hall–Kier alpha value is -4.66. The molecule has 2 heterocycles.